The van der Waals surface area contributed by atoms with Gasteiger partial charge < -0.3 is 4.42 Å². The Morgan fingerprint density at radius 3 is 2.06 bits per heavy atom. The number of aryl methyl sites for hydroxylation is 2. The molecule has 1 atom stereocenters. The molecule has 0 aliphatic carbocycles. The van der Waals surface area contributed by atoms with Crippen LogP contribution >= 0.6 is 0 Å². The summed E-state index contributed by atoms with van der Waals surface area (Å²) in [4.78, 5) is 28.7. The zero-order valence-electron chi connectivity index (χ0n) is 17.6. The second-order valence-corrected chi connectivity index (χ2v) is 7.86. The summed E-state index contributed by atoms with van der Waals surface area (Å²) >= 11 is 0. The van der Waals surface area contributed by atoms with Gasteiger partial charge in [0.1, 0.15) is 5.58 Å². The van der Waals surface area contributed by atoms with Crippen LogP contribution in [0.25, 0.3) is 11.0 Å². The third kappa shape index (κ3) is 3.07. The highest BCUT2D eigenvalue weighted by atomic mass is 16.3. The maximum absolute atomic E-state index is 13.5. The monoisotopic (exact) mass is 409 g/mol. The molecule has 3 aromatic carbocycles. The van der Waals surface area contributed by atoms with Crippen LogP contribution in [-0.4, -0.2) is 5.91 Å². The molecule has 1 aliphatic heterocycles. The van der Waals surface area contributed by atoms with Crippen LogP contribution < -0.4 is 10.3 Å². The molecular formula is C27H23NO3. The molecule has 1 aromatic heterocycles. The third-order valence-corrected chi connectivity index (χ3v) is 6.10. The third-order valence-electron chi connectivity index (χ3n) is 6.10. The molecular weight excluding hydrogens is 386 g/mol. The van der Waals surface area contributed by atoms with Crippen molar-refractivity contribution >= 4 is 22.6 Å². The summed E-state index contributed by atoms with van der Waals surface area (Å²) in [7, 11) is 0. The van der Waals surface area contributed by atoms with Crippen molar-refractivity contribution in [2.75, 3.05) is 4.90 Å². The van der Waals surface area contributed by atoms with E-state index in [4.69, 9.17) is 4.42 Å². The highest BCUT2D eigenvalue weighted by Gasteiger charge is 2.43. The lowest BCUT2D eigenvalue weighted by molar-refractivity contribution is 0.0971. The number of rotatable bonds is 4. The number of carbonyl (C=O) groups is 1. The van der Waals surface area contributed by atoms with Crippen LogP contribution in [0.5, 0.6) is 0 Å². The average Bonchev–Trinajstić information content (AvgIpc) is 3.12. The predicted molar refractivity (Wildman–Crippen MR) is 123 cm³/mol. The van der Waals surface area contributed by atoms with Crippen molar-refractivity contribution in [1.29, 1.82) is 0 Å². The van der Waals surface area contributed by atoms with Gasteiger partial charge in [-0.1, -0.05) is 62.4 Å². The lowest BCUT2D eigenvalue weighted by Gasteiger charge is -2.25. The molecule has 0 fully saturated rings. The summed E-state index contributed by atoms with van der Waals surface area (Å²) in [6, 6.07) is 22.6. The van der Waals surface area contributed by atoms with Crippen LogP contribution in [0.15, 0.2) is 82.0 Å². The quantitative estimate of drug-likeness (QED) is 0.436. The van der Waals surface area contributed by atoms with E-state index in [1.807, 2.05) is 42.5 Å². The maximum Gasteiger partial charge on any atom is 0.295 e. The number of hydrogen-bond donors (Lipinski definition) is 0. The Bertz CT molecular complexity index is 1330. The summed E-state index contributed by atoms with van der Waals surface area (Å²) < 4.78 is 6.00. The van der Waals surface area contributed by atoms with Gasteiger partial charge in [0, 0.05) is 5.69 Å². The van der Waals surface area contributed by atoms with Gasteiger partial charge in [-0.15, -0.1) is 0 Å². The highest BCUT2D eigenvalue weighted by molar-refractivity contribution is 6.10. The molecule has 0 saturated carbocycles. The largest absolute Gasteiger partial charge is 0.450 e. The van der Waals surface area contributed by atoms with Crippen molar-refractivity contribution in [3.8, 4) is 0 Å². The molecule has 0 saturated heterocycles. The lowest BCUT2D eigenvalue weighted by atomic mass is 9.97. The van der Waals surface area contributed by atoms with Crippen LogP contribution in [0.2, 0.25) is 0 Å². The van der Waals surface area contributed by atoms with E-state index in [1.165, 1.54) is 11.1 Å². The van der Waals surface area contributed by atoms with Crippen LogP contribution in [-0.2, 0) is 12.8 Å². The number of nitrogens with zero attached hydrogens (tertiary/aromatic N) is 1. The van der Waals surface area contributed by atoms with E-state index >= 15 is 0 Å². The molecule has 154 valence electrons. The van der Waals surface area contributed by atoms with Crippen LogP contribution in [0.3, 0.4) is 0 Å². The molecule has 0 N–H and O–H groups in total. The molecule has 4 nitrogen and oxygen atoms in total. The van der Waals surface area contributed by atoms with Gasteiger partial charge in [0.2, 0.25) is 5.76 Å². The molecule has 1 aliphatic rings. The minimum absolute atomic E-state index is 0.132. The van der Waals surface area contributed by atoms with Crippen molar-refractivity contribution in [3.63, 3.8) is 0 Å². The van der Waals surface area contributed by atoms with Crippen LogP contribution in [0.1, 0.15) is 52.7 Å². The van der Waals surface area contributed by atoms with E-state index in [-0.39, 0.29) is 17.1 Å². The van der Waals surface area contributed by atoms with Gasteiger partial charge in [-0.3, -0.25) is 14.5 Å². The predicted octanol–water partition coefficient (Wildman–Crippen LogP) is 5.67. The topological polar surface area (TPSA) is 50.5 Å². The van der Waals surface area contributed by atoms with E-state index in [1.54, 1.807) is 23.1 Å². The fourth-order valence-electron chi connectivity index (χ4n) is 4.33. The highest BCUT2D eigenvalue weighted by Crippen LogP contribution is 2.41. The summed E-state index contributed by atoms with van der Waals surface area (Å²) in [5, 5.41) is 0.493. The first-order valence-corrected chi connectivity index (χ1v) is 10.7. The van der Waals surface area contributed by atoms with Gasteiger partial charge in [0.05, 0.1) is 17.0 Å². The molecule has 0 spiro atoms. The molecule has 1 unspecified atom stereocenters. The van der Waals surface area contributed by atoms with Gasteiger partial charge in [-0.25, -0.2) is 0 Å². The van der Waals surface area contributed by atoms with Gasteiger partial charge >= 0.3 is 0 Å². The fraction of sp³-hybridized carbons (Fsp3) is 0.185. The smallest absolute Gasteiger partial charge is 0.295 e. The Morgan fingerprint density at radius 2 is 1.42 bits per heavy atom. The summed E-state index contributed by atoms with van der Waals surface area (Å²) in [6.45, 7) is 4.20. The molecule has 4 heteroatoms. The number of amides is 1. The summed E-state index contributed by atoms with van der Waals surface area (Å²) in [5.74, 6) is -0.153. The minimum atomic E-state index is -0.526. The Hall–Kier alpha value is -3.66. The Balaban J connectivity index is 1.76. The molecule has 4 aromatic rings. The number of hydrogen-bond acceptors (Lipinski definition) is 3. The zero-order valence-corrected chi connectivity index (χ0v) is 17.6. The number of benzene rings is 3. The molecule has 31 heavy (non-hydrogen) atoms. The van der Waals surface area contributed by atoms with E-state index in [0.29, 0.717) is 16.5 Å². The summed E-state index contributed by atoms with van der Waals surface area (Å²) in [5.41, 5.74) is 4.74. The van der Waals surface area contributed by atoms with Gasteiger partial charge in [-0.05, 0) is 53.8 Å². The molecule has 0 bridgehead atoms. The Morgan fingerprint density at radius 1 is 0.806 bits per heavy atom. The van der Waals surface area contributed by atoms with Gasteiger partial charge in [-0.2, -0.15) is 0 Å². The standard InChI is InChI=1S/C27H23NO3/c1-3-17-9-13-19(14-10-17)24-23-25(29)21-7-5-6-8-22(21)31-26(23)27(30)28(24)20-15-11-18(4-2)12-16-20/h5-16,24H,3-4H2,1-2H3. The SMILES string of the molecule is CCc1ccc(C2c3c(oc4ccccc4c3=O)C(=O)N2c2ccc(CC)cc2)cc1. The minimum Gasteiger partial charge on any atom is -0.450 e. The fourth-order valence-corrected chi connectivity index (χ4v) is 4.33. The number of anilines is 1. The van der Waals surface area contributed by atoms with E-state index < -0.39 is 6.04 Å². The van der Waals surface area contributed by atoms with Crippen molar-refractivity contribution in [3.05, 3.63) is 111 Å². The van der Waals surface area contributed by atoms with E-state index in [0.717, 1.165) is 24.1 Å². The van der Waals surface area contributed by atoms with E-state index in [9.17, 15) is 9.59 Å². The second kappa shape index (κ2) is 7.55. The first kappa shape index (κ1) is 19.3. The van der Waals surface area contributed by atoms with Gasteiger partial charge in [0.25, 0.3) is 5.91 Å². The van der Waals surface area contributed by atoms with Crippen molar-refractivity contribution in [2.45, 2.75) is 32.7 Å². The number of fused-ring (bicyclic) bond motifs is 2. The average molecular weight is 409 g/mol. The van der Waals surface area contributed by atoms with Crippen molar-refractivity contribution < 1.29 is 9.21 Å². The van der Waals surface area contributed by atoms with Crippen molar-refractivity contribution in [1.82, 2.24) is 0 Å². The Labute approximate surface area is 180 Å². The normalized spacial score (nSPS) is 15.5. The number of carbonyl (C=O) groups excluding carboxylic acids is 1. The molecule has 1 amide bonds. The van der Waals surface area contributed by atoms with Crippen LogP contribution in [0.4, 0.5) is 5.69 Å². The van der Waals surface area contributed by atoms with Crippen molar-refractivity contribution in [2.24, 2.45) is 0 Å². The van der Waals surface area contributed by atoms with E-state index in [2.05, 4.69) is 26.0 Å². The second-order valence-electron chi connectivity index (χ2n) is 7.86. The summed E-state index contributed by atoms with van der Waals surface area (Å²) in [6.07, 6.45) is 1.84. The zero-order chi connectivity index (χ0) is 21.5. The van der Waals surface area contributed by atoms with Gasteiger partial charge in [0.15, 0.2) is 5.43 Å². The first-order valence-electron chi connectivity index (χ1n) is 10.7. The van der Waals surface area contributed by atoms with Crippen LogP contribution in [0, 0.1) is 0 Å². The Kier molecular flexibility index (Phi) is 4.70. The molecule has 5 rings (SSSR count). The number of para-hydroxylation sites is 1. The first-order chi connectivity index (χ1) is 15.1. The molecule has 2 heterocycles. The molecule has 0 radical (unpaired) electrons. The maximum atomic E-state index is 13.5. The lowest BCUT2D eigenvalue weighted by Crippen LogP contribution is -2.29.